The maximum absolute atomic E-state index is 12.3. The average Bonchev–Trinajstić information content (AvgIpc) is 2.81. The van der Waals surface area contributed by atoms with Crippen LogP contribution in [0.4, 0.5) is 5.69 Å². The molecule has 2 rings (SSSR count). The number of esters is 1. The molecule has 1 amide bonds. The van der Waals surface area contributed by atoms with Crippen molar-refractivity contribution in [2.45, 2.75) is 43.9 Å². The zero-order valence-corrected chi connectivity index (χ0v) is 15.9. The van der Waals surface area contributed by atoms with Crippen LogP contribution in [-0.2, 0) is 21.4 Å². The van der Waals surface area contributed by atoms with Crippen LogP contribution < -0.4 is 5.32 Å². The van der Waals surface area contributed by atoms with E-state index < -0.39 is 17.3 Å². The van der Waals surface area contributed by atoms with E-state index in [4.69, 9.17) is 4.74 Å². The molecule has 1 aromatic heterocycles. The highest BCUT2D eigenvalue weighted by atomic mass is 32.2. The normalized spacial score (nSPS) is 13.2. The number of carbonyl (C=O) groups excluding carboxylic acids is 2. The molecule has 0 bridgehead atoms. The SMILES string of the molecule is Cc1nn(C)c(C)c1NC(=O)[C@H](C)OC(=O)[C@@H](C)Sc1ccccc1. The van der Waals surface area contributed by atoms with Crippen molar-refractivity contribution in [3.8, 4) is 0 Å². The number of nitrogens with zero attached hydrogens (tertiary/aromatic N) is 2. The highest BCUT2D eigenvalue weighted by Gasteiger charge is 2.24. The minimum atomic E-state index is -0.884. The lowest BCUT2D eigenvalue weighted by molar-refractivity contribution is -0.152. The number of aromatic nitrogens is 2. The molecule has 0 radical (unpaired) electrons. The van der Waals surface area contributed by atoms with E-state index in [1.807, 2.05) is 51.2 Å². The van der Waals surface area contributed by atoms with Gasteiger partial charge >= 0.3 is 5.97 Å². The first kappa shape index (κ1) is 19.1. The number of hydrogen-bond donors (Lipinski definition) is 1. The van der Waals surface area contributed by atoms with Gasteiger partial charge in [0.15, 0.2) is 6.10 Å². The van der Waals surface area contributed by atoms with Crippen molar-refractivity contribution >= 4 is 29.3 Å². The summed E-state index contributed by atoms with van der Waals surface area (Å²) in [7, 11) is 1.81. The van der Waals surface area contributed by atoms with E-state index in [9.17, 15) is 9.59 Å². The van der Waals surface area contributed by atoms with Gasteiger partial charge in [0.2, 0.25) is 0 Å². The third kappa shape index (κ3) is 4.85. The van der Waals surface area contributed by atoms with Crippen molar-refractivity contribution in [1.82, 2.24) is 9.78 Å². The summed E-state index contributed by atoms with van der Waals surface area (Å²) in [6.07, 6.45) is -0.884. The number of thioether (sulfide) groups is 1. The van der Waals surface area contributed by atoms with Gasteiger partial charge in [-0.25, -0.2) is 0 Å². The Labute approximate surface area is 151 Å². The molecule has 0 aliphatic heterocycles. The minimum absolute atomic E-state index is 0.371. The lowest BCUT2D eigenvalue weighted by Crippen LogP contribution is -2.32. The van der Waals surface area contributed by atoms with E-state index in [0.29, 0.717) is 5.69 Å². The lowest BCUT2D eigenvalue weighted by Gasteiger charge is -2.16. The average molecular weight is 361 g/mol. The van der Waals surface area contributed by atoms with Crippen molar-refractivity contribution in [3.63, 3.8) is 0 Å². The second-order valence-corrected chi connectivity index (χ2v) is 7.23. The van der Waals surface area contributed by atoms with Crippen LogP contribution in [0.15, 0.2) is 35.2 Å². The van der Waals surface area contributed by atoms with Gasteiger partial charge in [0.1, 0.15) is 5.25 Å². The van der Waals surface area contributed by atoms with Crippen LogP contribution in [-0.4, -0.2) is 33.0 Å². The van der Waals surface area contributed by atoms with Crippen LogP contribution in [0, 0.1) is 13.8 Å². The predicted molar refractivity (Wildman–Crippen MR) is 98.6 cm³/mol. The van der Waals surface area contributed by atoms with Gasteiger partial charge in [-0.1, -0.05) is 18.2 Å². The van der Waals surface area contributed by atoms with Gasteiger partial charge in [0.05, 0.1) is 17.1 Å². The molecule has 25 heavy (non-hydrogen) atoms. The molecule has 134 valence electrons. The fourth-order valence-electron chi connectivity index (χ4n) is 2.25. The molecule has 0 aliphatic carbocycles. The number of ether oxygens (including phenoxy) is 1. The zero-order valence-electron chi connectivity index (χ0n) is 15.1. The number of nitrogens with one attached hydrogen (secondary N) is 1. The maximum atomic E-state index is 12.3. The number of amides is 1. The first-order valence-electron chi connectivity index (χ1n) is 8.03. The van der Waals surface area contributed by atoms with Crippen LogP contribution in [0.25, 0.3) is 0 Å². The Kier molecular flexibility index (Phi) is 6.25. The molecule has 2 aromatic rings. The Bertz CT molecular complexity index is 758. The molecule has 0 saturated heterocycles. The molecular formula is C18H23N3O3S. The Morgan fingerprint density at radius 3 is 2.40 bits per heavy atom. The van der Waals surface area contributed by atoms with E-state index >= 15 is 0 Å². The van der Waals surface area contributed by atoms with E-state index in [1.165, 1.54) is 11.8 Å². The van der Waals surface area contributed by atoms with Gasteiger partial charge in [0.25, 0.3) is 5.91 Å². The summed E-state index contributed by atoms with van der Waals surface area (Å²) in [4.78, 5) is 25.5. The highest BCUT2D eigenvalue weighted by Crippen LogP contribution is 2.24. The van der Waals surface area contributed by atoms with Crippen molar-refractivity contribution in [1.29, 1.82) is 0 Å². The first-order chi connectivity index (χ1) is 11.8. The van der Waals surface area contributed by atoms with Gasteiger partial charge in [-0.2, -0.15) is 5.10 Å². The van der Waals surface area contributed by atoms with Gasteiger partial charge in [0, 0.05) is 11.9 Å². The van der Waals surface area contributed by atoms with Crippen LogP contribution in [0.3, 0.4) is 0 Å². The summed E-state index contributed by atoms with van der Waals surface area (Å²) >= 11 is 1.40. The summed E-state index contributed by atoms with van der Waals surface area (Å²) in [5.74, 6) is -0.791. The molecule has 0 saturated carbocycles. The van der Waals surface area contributed by atoms with E-state index in [0.717, 1.165) is 16.3 Å². The molecule has 2 atom stereocenters. The Morgan fingerprint density at radius 1 is 1.20 bits per heavy atom. The van der Waals surface area contributed by atoms with Crippen LogP contribution in [0.2, 0.25) is 0 Å². The van der Waals surface area contributed by atoms with Gasteiger partial charge in [-0.05, 0) is 39.8 Å². The van der Waals surface area contributed by atoms with Crippen molar-refractivity contribution < 1.29 is 14.3 Å². The topological polar surface area (TPSA) is 73.2 Å². The molecule has 1 heterocycles. The molecule has 7 heteroatoms. The smallest absolute Gasteiger partial charge is 0.319 e. The Morgan fingerprint density at radius 2 is 1.84 bits per heavy atom. The Hall–Kier alpha value is -2.28. The molecule has 0 aliphatic rings. The largest absolute Gasteiger partial charge is 0.452 e. The summed E-state index contributed by atoms with van der Waals surface area (Å²) < 4.78 is 7.00. The quantitative estimate of drug-likeness (QED) is 0.632. The van der Waals surface area contributed by atoms with Gasteiger partial charge < -0.3 is 10.1 Å². The molecule has 0 fully saturated rings. The number of carbonyl (C=O) groups is 2. The number of benzene rings is 1. The predicted octanol–water partition coefficient (Wildman–Crippen LogP) is 3.09. The number of anilines is 1. The van der Waals surface area contributed by atoms with Crippen LogP contribution in [0.1, 0.15) is 25.2 Å². The molecule has 0 unspecified atom stereocenters. The molecule has 6 nitrogen and oxygen atoms in total. The third-order valence-corrected chi connectivity index (χ3v) is 4.90. The molecule has 1 N–H and O–H groups in total. The molecule has 1 aromatic carbocycles. The maximum Gasteiger partial charge on any atom is 0.319 e. The lowest BCUT2D eigenvalue weighted by atomic mass is 10.3. The van der Waals surface area contributed by atoms with Gasteiger partial charge in [-0.15, -0.1) is 11.8 Å². The second-order valence-electron chi connectivity index (χ2n) is 5.81. The zero-order chi connectivity index (χ0) is 18.6. The van der Waals surface area contributed by atoms with Gasteiger partial charge in [-0.3, -0.25) is 14.3 Å². The minimum Gasteiger partial charge on any atom is -0.452 e. The van der Waals surface area contributed by atoms with Crippen LogP contribution in [0.5, 0.6) is 0 Å². The standard InChI is InChI=1S/C18H23N3O3S/c1-11-16(12(2)21(5)20-11)19-17(22)13(3)24-18(23)14(4)25-15-9-7-6-8-10-15/h6-10,13-14H,1-5H3,(H,19,22)/t13-,14+/m0/s1. The highest BCUT2D eigenvalue weighted by molar-refractivity contribution is 8.00. The van der Waals surface area contributed by atoms with Crippen LogP contribution >= 0.6 is 11.8 Å². The summed E-state index contributed by atoms with van der Waals surface area (Å²) in [5, 5.41) is 6.63. The third-order valence-electron chi connectivity index (χ3n) is 3.81. The Balaban J connectivity index is 1.92. The molecule has 0 spiro atoms. The molecular weight excluding hydrogens is 338 g/mol. The van der Waals surface area contributed by atoms with E-state index in [1.54, 1.807) is 18.5 Å². The fraction of sp³-hybridized carbons (Fsp3) is 0.389. The fourth-order valence-corrected chi connectivity index (χ4v) is 3.13. The first-order valence-corrected chi connectivity index (χ1v) is 8.90. The van der Waals surface area contributed by atoms with Crippen molar-refractivity contribution in [2.75, 3.05) is 5.32 Å². The number of hydrogen-bond acceptors (Lipinski definition) is 5. The second kappa shape index (κ2) is 8.20. The summed E-state index contributed by atoms with van der Waals surface area (Å²) in [6, 6.07) is 9.60. The van der Waals surface area contributed by atoms with Crippen molar-refractivity contribution in [3.05, 3.63) is 41.7 Å². The van der Waals surface area contributed by atoms with E-state index in [2.05, 4.69) is 10.4 Å². The summed E-state index contributed by atoms with van der Waals surface area (Å²) in [6.45, 7) is 7.01. The summed E-state index contributed by atoms with van der Waals surface area (Å²) in [5.41, 5.74) is 2.22. The number of aryl methyl sites for hydroxylation is 2. The number of rotatable bonds is 6. The van der Waals surface area contributed by atoms with E-state index in [-0.39, 0.29) is 5.91 Å². The van der Waals surface area contributed by atoms with Crippen molar-refractivity contribution in [2.24, 2.45) is 7.05 Å². The monoisotopic (exact) mass is 361 g/mol.